The number of carbonyl (C=O) groups excluding carboxylic acids is 4. The van der Waals surface area contributed by atoms with Gasteiger partial charge in [0.1, 0.15) is 13.2 Å². The Morgan fingerprint density at radius 2 is 0.929 bits per heavy atom. The van der Waals surface area contributed by atoms with E-state index in [-0.39, 0.29) is 36.5 Å². The van der Waals surface area contributed by atoms with E-state index in [0.29, 0.717) is 134 Å². The first kappa shape index (κ1) is 50.5. The third-order valence-corrected chi connectivity index (χ3v) is 13.8. The molecule has 6 aromatic rings. The molecular weight excluding hydrogens is 986 g/mol. The predicted octanol–water partition coefficient (Wildman–Crippen LogP) is 8.03. The molecule has 2 aliphatic rings. The standard InChI is InChI=1S/C50H50Cl4N6O10/c1-65-41-9-5-31(3-7-33-37(51)27-55-28-38(33)52)35-25-43(69-47(35)41)49(63)59-17-13-57(14-18-59)21-23-67-45(61)11-12-46(62)68-24-22-58-15-19-60(20-16-58)50(64)44-26-36-32(6-10-42(66-2)48(36)70-44)4-8-34-39(53)29-56-30-40(34)54/h5-6,9-12,25-30H,3-4,7-8,13-24H2,1-2H3/b12-11+. The summed E-state index contributed by atoms with van der Waals surface area (Å²) in [6.07, 6.45) is 10.7. The maximum absolute atomic E-state index is 13.6. The molecule has 2 aromatic carbocycles. The van der Waals surface area contributed by atoms with Crippen molar-refractivity contribution in [1.29, 1.82) is 0 Å². The SMILES string of the molecule is COc1ccc(CCc2c(Cl)cncc2Cl)c2cc(C(=O)N3CCN(CCOC(=O)/C=C/C(=O)OCCN4CCN(C(=O)c5cc6c(CCc7c(Cl)cncc7Cl)ccc(OC)c6o5)CC4)CC3)oc12. The van der Waals surface area contributed by atoms with Crippen LogP contribution < -0.4 is 9.47 Å². The van der Waals surface area contributed by atoms with Crippen LogP contribution in [0.1, 0.15) is 43.4 Å². The van der Waals surface area contributed by atoms with Crippen molar-refractivity contribution >= 4 is 92.1 Å². The molecule has 2 aliphatic heterocycles. The van der Waals surface area contributed by atoms with Gasteiger partial charge in [0.2, 0.25) is 0 Å². The summed E-state index contributed by atoms with van der Waals surface area (Å²) in [5.41, 5.74) is 4.49. The number of furan rings is 2. The lowest BCUT2D eigenvalue weighted by molar-refractivity contribution is -0.141. The van der Waals surface area contributed by atoms with Crippen molar-refractivity contribution in [2.45, 2.75) is 25.7 Å². The third kappa shape index (κ3) is 12.0. The van der Waals surface area contributed by atoms with Gasteiger partial charge in [0.05, 0.1) is 34.3 Å². The molecule has 8 rings (SSSR count). The molecule has 0 spiro atoms. The summed E-state index contributed by atoms with van der Waals surface area (Å²) in [6.45, 7) is 5.20. The molecule has 4 aromatic heterocycles. The second-order valence-electron chi connectivity index (χ2n) is 16.7. The number of hydrogen-bond acceptors (Lipinski definition) is 14. The Kier molecular flexibility index (Phi) is 16.9. The quantitative estimate of drug-likeness (QED) is 0.0599. The van der Waals surface area contributed by atoms with Crippen molar-refractivity contribution in [1.82, 2.24) is 29.6 Å². The van der Waals surface area contributed by atoms with E-state index in [2.05, 4.69) is 19.8 Å². The van der Waals surface area contributed by atoms with Crippen LogP contribution in [0.2, 0.25) is 20.1 Å². The van der Waals surface area contributed by atoms with Crippen molar-refractivity contribution in [2.24, 2.45) is 0 Å². The van der Waals surface area contributed by atoms with E-state index in [4.69, 9.17) is 74.2 Å². The van der Waals surface area contributed by atoms with E-state index in [0.717, 1.165) is 45.2 Å². The van der Waals surface area contributed by atoms with Crippen molar-refractivity contribution in [3.63, 3.8) is 0 Å². The van der Waals surface area contributed by atoms with Gasteiger partial charge in [-0.05, 0) is 72.2 Å². The number of methoxy groups -OCH3 is 2. The highest BCUT2D eigenvalue weighted by molar-refractivity contribution is 6.36. The summed E-state index contributed by atoms with van der Waals surface area (Å²) in [5, 5.41) is 3.52. The first-order valence-electron chi connectivity index (χ1n) is 22.7. The third-order valence-electron chi connectivity index (χ3n) is 12.5. The molecule has 0 radical (unpaired) electrons. The van der Waals surface area contributed by atoms with Crippen LogP contribution in [-0.2, 0) is 44.7 Å². The van der Waals surface area contributed by atoms with Gasteiger partial charge in [-0.1, -0.05) is 58.5 Å². The number of esters is 2. The highest BCUT2D eigenvalue weighted by Gasteiger charge is 2.28. The highest BCUT2D eigenvalue weighted by atomic mass is 35.5. The number of hydrogen-bond donors (Lipinski definition) is 0. The zero-order valence-corrected chi connectivity index (χ0v) is 41.5. The molecule has 0 atom stereocenters. The summed E-state index contributed by atoms with van der Waals surface area (Å²) in [4.78, 5) is 67.7. The average Bonchev–Trinajstić information content (AvgIpc) is 4.03. The number of rotatable bonds is 18. The maximum Gasteiger partial charge on any atom is 0.331 e. The first-order valence-corrected chi connectivity index (χ1v) is 24.2. The van der Waals surface area contributed by atoms with Crippen molar-refractivity contribution in [3.8, 4) is 11.5 Å². The van der Waals surface area contributed by atoms with E-state index < -0.39 is 11.9 Å². The summed E-state index contributed by atoms with van der Waals surface area (Å²) >= 11 is 25.4. The number of aryl methyl sites for hydroxylation is 2. The minimum Gasteiger partial charge on any atom is -0.493 e. The van der Waals surface area contributed by atoms with Crippen LogP contribution in [0.15, 0.2) is 82.2 Å². The van der Waals surface area contributed by atoms with Crippen LogP contribution in [0.5, 0.6) is 11.5 Å². The Morgan fingerprint density at radius 3 is 1.29 bits per heavy atom. The van der Waals surface area contributed by atoms with Crippen LogP contribution in [0.4, 0.5) is 0 Å². The molecule has 2 saturated heterocycles. The van der Waals surface area contributed by atoms with Crippen LogP contribution >= 0.6 is 46.4 Å². The van der Waals surface area contributed by atoms with Gasteiger partial charge in [0.15, 0.2) is 34.2 Å². The fraction of sp³-hybridized carbons (Fsp3) is 0.360. The minimum absolute atomic E-state index is 0.104. The Morgan fingerprint density at radius 1 is 0.557 bits per heavy atom. The first-order chi connectivity index (χ1) is 33.9. The molecule has 2 amide bonds. The number of halogens is 4. The fourth-order valence-corrected chi connectivity index (χ4v) is 9.70. The minimum atomic E-state index is -0.669. The number of amides is 2. The van der Waals surface area contributed by atoms with Gasteiger partial charge < -0.3 is 37.6 Å². The molecule has 70 heavy (non-hydrogen) atoms. The van der Waals surface area contributed by atoms with E-state index in [1.807, 2.05) is 24.3 Å². The average molecular weight is 1040 g/mol. The Hall–Kier alpha value is -5.88. The second kappa shape index (κ2) is 23.4. The summed E-state index contributed by atoms with van der Waals surface area (Å²) < 4.78 is 33.9. The van der Waals surface area contributed by atoms with E-state index in [9.17, 15) is 19.2 Å². The van der Waals surface area contributed by atoms with Gasteiger partial charge in [0, 0.05) is 113 Å². The molecule has 0 N–H and O–H groups in total. The summed E-state index contributed by atoms with van der Waals surface area (Å²) in [7, 11) is 3.10. The summed E-state index contributed by atoms with van der Waals surface area (Å²) in [6, 6.07) is 11.0. The Labute approximate surface area is 423 Å². The molecule has 16 nitrogen and oxygen atoms in total. The zero-order chi connectivity index (χ0) is 49.3. The maximum atomic E-state index is 13.6. The van der Waals surface area contributed by atoms with Crippen LogP contribution in [-0.4, -0.2) is 146 Å². The number of benzene rings is 2. The Bertz CT molecular complexity index is 2670. The number of aromatic nitrogens is 2. The number of piperazine rings is 2. The Balaban J connectivity index is 0.723. The molecule has 0 aliphatic carbocycles. The smallest absolute Gasteiger partial charge is 0.331 e. The molecule has 0 saturated carbocycles. The lowest BCUT2D eigenvalue weighted by Crippen LogP contribution is -2.49. The fourth-order valence-electron chi connectivity index (χ4n) is 8.59. The van der Waals surface area contributed by atoms with Gasteiger partial charge in [-0.3, -0.25) is 29.4 Å². The molecule has 20 heteroatoms. The zero-order valence-electron chi connectivity index (χ0n) is 38.5. The molecule has 6 heterocycles. The molecule has 368 valence electrons. The second-order valence-corrected chi connectivity index (χ2v) is 18.3. The van der Waals surface area contributed by atoms with Gasteiger partial charge in [0.25, 0.3) is 11.8 Å². The highest BCUT2D eigenvalue weighted by Crippen LogP contribution is 2.36. The van der Waals surface area contributed by atoms with Gasteiger partial charge in [-0.15, -0.1) is 0 Å². The van der Waals surface area contributed by atoms with Crippen molar-refractivity contribution in [3.05, 3.63) is 127 Å². The van der Waals surface area contributed by atoms with Crippen LogP contribution in [0, 0.1) is 0 Å². The van der Waals surface area contributed by atoms with Gasteiger partial charge in [-0.25, -0.2) is 9.59 Å². The van der Waals surface area contributed by atoms with Gasteiger partial charge >= 0.3 is 11.9 Å². The summed E-state index contributed by atoms with van der Waals surface area (Å²) in [5.74, 6) is -0.331. The van der Waals surface area contributed by atoms with E-state index >= 15 is 0 Å². The van der Waals surface area contributed by atoms with Crippen molar-refractivity contribution < 1.29 is 47.0 Å². The van der Waals surface area contributed by atoms with E-state index in [1.54, 1.807) is 60.9 Å². The molecule has 0 unspecified atom stereocenters. The van der Waals surface area contributed by atoms with Gasteiger partial charge in [-0.2, -0.15) is 0 Å². The van der Waals surface area contributed by atoms with E-state index in [1.165, 1.54) is 0 Å². The molecule has 2 fully saturated rings. The molecular formula is C50H50Cl4N6O10. The number of ether oxygens (including phenoxy) is 4. The number of carbonyl (C=O) groups is 4. The topological polar surface area (TPSA) is 170 Å². The number of pyridine rings is 2. The number of fused-ring (bicyclic) bond motifs is 2. The monoisotopic (exact) mass is 1030 g/mol. The lowest BCUT2D eigenvalue weighted by atomic mass is 10.0. The van der Waals surface area contributed by atoms with Crippen molar-refractivity contribution in [2.75, 3.05) is 92.9 Å². The van der Waals surface area contributed by atoms with Crippen LogP contribution in [0.3, 0.4) is 0 Å². The normalized spacial score (nSPS) is 14.7. The molecule has 0 bridgehead atoms. The number of nitrogens with zero attached hydrogens (tertiary/aromatic N) is 6. The lowest BCUT2D eigenvalue weighted by Gasteiger charge is -2.34. The largest absolute Gasteiger partial charge is 0.493 e. The predicted molar refractivity (Wildman–Crippen MR) is 265 cm³/mol. The van der Waals surface area contributed by atoms with Crippen LogP contribution in [0.25, 0.3) is 21.9 Å².